The third kappa shape index (κ3) is 3.02. The van der Waals surface area contributed by atoms with E-state index in [0.717, 1.165) is 16.0 Å². The van der Waals surface area contributed by atoms with Crippen LogP contribution in [0.1, 0.15) is 11.1 Å². The topological polar surface area (TPSA) is 94.4 Å². The quantitative estimate of drug-likeness (QED) is 0.827. The van der Waals surface area contributed by atoms with Gasteiger partial charge in [0.15, 0.2) is 12.1 Å². The number of aryl methyl sites for hydroxylation is 2. The van der Waals surface area contributed by atoms with E-state index in [1.165, 1.54) is 5.01 Å². The van der Waals surface area contributed by atoms with E-state index in [0.29, 0.717) is 11.4 Å². The number of para-hydroxylation sites is 1. The standard InChI is InChI=1S/C20H19N5O3/c1-12-7-9-14(10-8-12)25-19(27)17-18(20(25)28)24(23-22-17)11-16(26)21-15-6-4-3-5-13(15)2/h3-10,17-18H,11H2,1-2H3,(H,21,26). The van der Waals surface area contributed by atoms with Gasteiger partial charge in [0.05, 0.1) is 5.69 Å². The summed E-state index contributed by atoms with van der Waals surface area (Å²) in [6.07, 6.45) is 0. The summed E-state index contributed by atoms with van der Waals surface area (Å²) in [5.41, 5.74) is 3.14. The second kappa shape index (κ2) is 6.88. The van der Waals surface area contributed by atoms with Gasteiger partial charge in [0.2, 0.25) is 5.91 Å². The fourth-order valence-electron chi connectivity index (χ4n) is 3.35. The van der Waals surface area contributed by atoms with Crippen molar-refractivity contribution in [2.45, 2.75) is 25.9 Å². The van der Waals surface area contributed by atoms with Crippen molar-refractivity contribution in [2.75, 3.05) is 16.8 Å². The minimum atomic E-state index is -0.917. The molecule has 0 aliphatic carbocycles. The van der Waals surface area contributed by atoms with Crippen LogP contribution in [0, 0.1) is 13.8 Å². The summed E-state index contributed by atoms with van der Waals surface area (Å²) in [7, 11) is 0. The number of rotatable bonds is 4. The van der Waals surface area contributed by atoms with Crippen molar-refractivity contribution in [1.29, 1.82) is 0 Å². The summed E-state index contributed by atoms with van der Waals surface area (Å²) < 4.78 is 0. The molecule has 8 heteroatoms. The molecule has 142 valence electrons. The molecule has 2 aromatic rings. The number of carbonyl (C=O) groups excluding carboxylic acids is 3. The monoisotopic (exact) mass is 377 g/mol. The van der Waals surface area contributed by atoms with Gasteiger partial charge in [0.1, 0.15) is 6.54 Å². The SMILES string of the molecule is Cc1ccc(N2C(=O)C3N=NN(CC(=O)Nc4ccccc4C)C3C2=O)cc1. The van der Waals surface area contributed by atoms with E-state index in [2.05, 4.69) is 15.7 Å². The van der Waals surface area contributed by atoms with Crippen molar-refractivity contribution in [3.05, 3.63) is 59.7 Å². The lowest BCUT2D eigenvalue weighted by atomic mass is 10.1. The van der Waals surface area contributed by atoms with Gasteiger partial charge < -0.3 is 5.32 Å². The Bertz CT molecular complexity index is 986. The lowest BCUT2D eigenvalue weighted by Crippen LogP contribution is -2.43. The number of carbonyl (C=O) groups is 3. The van der Waals surface area contributed by atoms with Crippen LogP contribution in [0.4, 0.5) is 11.4 Å². The van der Waals surface area contributed by atoms with E-state index >= 15 is 0 Å². The zero-order valence-electron chi connectivity index (χ0n) is 15.5. The predicted molar refractivity (Wildman–Crippen MR) is 103 cm³/mol. The Morgan fingerprint density at radius 1 is 1.04 bits per heavy atom. The van der Waals surface area contributed by atoms with E-state index in [4.69, 9.17) is 0 Å². The molecule has 1 saturated heterocycles. The van der Waals surface area contributed by atoms with Crippen molar-refractivity contribution in [1.82, 2.24) is 5.01 Å². The molecule has 1 fully saturated rings. The van der Waals surface area contributed by atoms with E-state index in [-0.39, 0.29) is 12.5 Å². The third-order valence-electron chi connectivity index (χ3n) is 4.87. The number of nitrogens with zero attached hydrogens (tertiary/aromatic N) is 4. The maximum atomic E-state index is 12.9. The number of amides is 3. The Kier molecular flexibility index (Phi) is 4.38. The molecular weight excluding hydrogens is 358 g/mol. The maximum Gasteiger partial charge on any atom is 0.263 e. The molecule has 2 heterocycles. The lowest BCUT2D eigenvalue weighted by Gasteiger charge is -2.20. The molecule has 2 atom stereocenters. The summed E-state index contributed by atoms with van der Waals surface area (Å²) in [6.45, 7) is 3.65. The summed E-state index contributed by atoms with van der Waals surface area (Å²) in [5, 5.41) is 11.9. The summed E-state index contributed by atoms with van der Waals surface area (Å²) >= 11 is 0. The maximum absolute atomic E-state index is 12.9. The smallest absolute Gasteiger partial charge is 0.263 e. The predicted octanol–water partition coefficient (Wildman–Crippen LogP) is 2.24. The van der Waals surface area contributed by atoms with E-state index < -0.39 is 23.9 Å². The molecule has 0 aromatic heterocycles. The van der Waals surface area contributed by atoms with Gasteiger partial charge in [-0.05, 0) is 37.6 Å². The Hall–Kier alpha value is -3.55. The number of nitrogens with one attached hydrogen (secondary N) is 1. The van der Waals surface area contributed by atoms with Crippen molar-refractivity contribution < 1.29 is 14.4 Å². The number of imide groups is 1. The van der Waals surface area contributed by atoms with Crippen LogP contribution in [-0.4, -0.2) is 41.4 Å². The molecule has 3 amide bonds. The van der Waals surface area contributed by atoms with Gasteiger partial charge in [-0.15, -0.1) is 0 Å². The fourth-order valence-corrected chi connectivity index (χ4v) is 3.35. The van der Waals surface area contributed by atoms with Crippen LogP contribution < -0.4 is 10.2 Å². The van der Waals surface area contributed by atoms with Gasteiger partial charge in [0, 0.05) is 5.69 Å². The van der Waals surface area contributed by atoms with Gasteiger partial charge >= 0.3 is 0 Å². The minimum Gasteiger partial charge on any atom is -0.324 e. The summed E-state index contributed by atoms with van der Waals surface area (Å²) in [5.74, 6) is -1.18. The van der Waals surface area contributed by atoms with Gasteiger partial charge in [-0.1, -0.05) is 41.1 Å². The highest BCUT2D eigenvalue weighted by Gasteiger charge is 2.55. The zero-order valence-corrected chi connectivity index (χ0v) is 15.5. The number of anilines is 2. The lowest BCUT2D eigenvalue weighted by molar-refractivity contribution is -0.123. The fraction of sp³-hybridized carbons (Fsp3) is 0.250. The molecule has 0 bridgehead atoms. The molecule has 0 spiro atoms. The zero-order chi connectivity index (χ0) is 19.8. The Labute approximate surface area is 161 Å². The number of fused-ring (bicyclic) bond motifs is 1. The average molecular weight is 377 g/mol. The molecular formula is C20H19N5O3. The molecule has 4 rings (SSSR count). The van der Waals surface area contributed by atoms with Crippen LogP contribution in [0.15, 0.2) is 58.9 Å². The summed E-state index contributed by atoms with van der Waals surface area (Å²) in [4.78, 5) is 39.1. The Morgan fingerprint density at radius 3 is 2.46 bits per heavy atom. The van der Waals surface area contributed by atoms with E-state index in [1.54, 1.807) is 18.2 Å². The van der Waals surface area contributed by atoms with Crippen molar-refractivity contribution >= 4 is 29.1 Å². The molecule has 2 aliphatic heterocycles. The number of hydrogen-bond donors (Lipinski definition) is 1. The number of hydrogen-bond acceptors (Lipinski definition) is 6. The van der Waals surface area contributed by atoms with Gasteiger partial charge in [-0.3, -0.25) is 19.4 Å². The Balaban J connectivity index is 1.49. The first-order valence-electron chi connectivity index (χ1n) is 8.93. The number of benzene rings is 2. The van der Waals surface area contributed by atoms with E-state index in [1.807, 2.05) is 44.2 Å². The van der Waals surface area contributed by atoms with Crippen LogP contribution >= 0.6 is 0 Å². The van der Waals surface area contributed by atoms with Crippen LogP contribution in [-0.2, 0) is 14.4 Å². The Morgan fingerprint density at radius 2 is 1.75 bits per heavy atom. The average Bonchev–Trinajstić information content (AvgIpc) is 3.18. The van der Waals surface area contributed by atoms with Crippen molar-refractivity contribution in [3.8, 4) is 0 Å². The van der Waals surface area contributed by atoms with Crippen LogP contribution in [0.25, 0.3) is 0 Å². The molecule has 8 nitrogen and oxygen atoms in total. The molecule has 28 heavy (non-hydrogen) atoms. The highest BCUT2D eigenvalue weighted by molar-refractivity contribution is 6.25. The largest absolute Gasteiger partial charge is 0.324 e. The van der Waals surface area contributed by atoms with Crippen LogP contribution in [0.3, 0.4) is 0 Å². The highest BCUT2D eigenvalue weighted by atomic mass is 16.2. The first-order chi connectivity index (χ1) is 13.5. The first-order valence-corrected chi connectivity index (χ1v) is 8.93. The molecule has 0 radical (unpaired) electrons. The second-order valence-corrected chi connectivity index (χ2v) is 6.90. The van der Waals surface area contributed by atoms with Gasteiger partial charge in [0.25, 0.3) is 11.8 Å². The normalized spacial score (nSPS) is 20.6. The summed E-state index contributed by atoms with van der Waals surface area (Å²) in [6, 6.07) is 12.7. The van der Waals surface area contributed by atoms with E-state index in [9.17, 15) is 14.4 Å². The van der Waals surface area contributed by atoms with Crippen LogP contribution in [0.5, 0.6) is 0 Å². The van der Waals surface area contributed by atoms with Gasteiger partial charge in [-0.25, -0.2) is 4.90 Å². The van der Waals surface area contributed by atoms with Gasteiger partial charge in [-0.2, -0.15) is 5.11 Å². The highest BCUT2D eigenvalue weighted by Crippen LogP contribution is 2.31. The molecule has 0 saturated carbocycles. The van der Waals surface area contributed by atoms with Crippen molar-refractivity contribution in [3.63, 3.8) is 0 Å². The first kappa shape index (κ1) is 17.8. The molecule has 1 N–H and O–H groups in total. The molecule has 2 aromatic carbocycles. The van der Waals surface area contributed by atoms with Crippen LogP contribution in [0.2, 0.25) is 0 Å². The minimum absolute atomic E-state index is 0.167. The van der Waals surface area contributed by atoms with Crippen molar-refractivity contribution in [2.24, 2.45) is 10.3 Å². The molecule has 2 aliphatic rings. The second-order valence-electron chi connectivity index (χ2n) is 6.90. The molecule has 2 unspecified atom stereocenters. The third-order valence-corrected chi connectivity index (χ3v) is 4.87.